The number of carbonyl (C=O) groups is 2. The van der Waals surface area contributed by atoms with Crippen LogP contribution < -0.4 is 10.2 Å². The Morgan fingerprint density at radius 1 is 1.20 bits per heavy atom. The minimum Gasteiger partial charge on any atom is -0.348 e. The summed E-state index contributed by atoms with van der Waals surface area (Å²) in [5, 5.41) is 10.7. The predicted molar refractivity (Wildman–Crippen MR) is 95.3 cm³/mol. The largest absolute Gasteiger partial charge is 0.348 e. The van der Waals surface area contributed by atoms with Crippen LogP contribution in [0.15, 0.2) is 48.7 Å². The van der Waals surface area contributed by atoms with Crippen molar-refractivity contribution >= 4 is 28.4 Å². The van der Waals surface area contributed by atoms with Gasteiger partial charge in [0.15, 0.2) is 0 Å². The predicted octanol–water partition coefficient (Wildman–Crippen LogP) is 2.62. The molecule has 4 rings (SSSR count). The second kappa shape index (κ2) is 6.39. The Morgan fingerprint density at radius 3 is 2.80 bits per heavy atom. The first-order valence-electron chi connectivity index (χ1n) is 8.31. The summed E-state index contributed by atoms with van der Waals surface area (Å²) in [7, 11) is 0. The van der Waals surface area contributed by atoms with Crippen LogP contribution in [0.2, 0.25) is 0 Å². The van der Waals surface area contributed by atoms with E-state index in [1.807, 2.05) is 35.2 Å². The first kappa shape index (κ1) is 15.4. The number of amides is 2. The molecule has 1 aromatic heterocycles. The fraction of sp³-hybridized carbons (Fsp3) is 0.211. The van der Waals surface area contributed by atoms with Crippen LogP contribution in [-0.4, -0.2) is 28.6 Å². The van der Waals surface area contributed by atoms with Crippen molar-refractivity contribution in [3.05, 3.63) is 59.8 Å². The number of nitrogens with one attached hydrogen (secondary N) is 2. The highest BCUT2D eigenvalue weighted by Gasteiger charge is 2.21. The molecule has 1 saturated heterocycles. The lowest BCUT2D eigenvalue weighted by molar-refractivity contribution is -0.117. The number of hydrogen-bond donors (Lipinski definition) is 2. The summed E-state index contributed by atoms with van der Waals surface area (Å²) in [6.45, 7) is 1.22. The molecule has 2 amide bonds. The van der Waals surface area contributed by atoms with E-state index < -0.39 is 0 Å². The first-order chi connectivity index (χ1) is 12.2. The highest BCUT2D eigenvalue weighted by atomic mass is 16.2. The van der Waals surface area contributed by atoms with Gasteiger partial charge in [0.05, 0.1) is 11.7 Å². The molecule has 0 radical (unpaired) electrons. The Morgan fingerprint density at radius 2 is 2.04 bits per heavy atom. The van der Waals surface area contributed by atoms with Gasteiger partial charge in [0.1, 0.15) is 0 Å². The molecule has 126 valence electrons. The summed E-state index contributed by atoms with van der Waals surface area (Å²) in [6.07, 6.45) is 3.26. The zero-order chi connectivity index (χ0) is 17.2. The normalized spacial score (nSPS) is 14.2. The van der Waals surface area contributed by atoms with Crippen molar-refractivity contribution in [1.82, 2.24) is 15.5 Å². The van der Waals surface area contributed by atoms with Gasteiger partial charge in [-0.1, -0.05) is 18.2 Å². The Hall–Kier alpha value is -3.15. The molecule has 1 aliphatic heterocycles. The van der Waals surface area contributed by atoms with Crippen LogP contribution >= 0.6 is 0 Å². The van der Waals surface area contributed by atoms with Crippen LogP contribution in [0.1, 0.15) is 28.8 Å². The Kier molecular flexibility index (Phi) is 3.93. The van der Waals surface area contributed by atoms with Crippen molar-refractivity contribution in [3.8, 4) is 0 Å². The molecule has 0 atom stereocenters. The third kappa shape index (κ3) is 3.10. The van der Waals surface area contributed by atoms with Gasteiger partial charge in [-0.25, -0.2) is 0 Å². The summed E-state index contributed by atoms with van der Waals surface area (Å²) in [5.41, 5.74) is 3.34. The third-order valence-corrected chi connectivity index (χ3v) is 4.48. The molecule has 2 N–H and O–H groups in total. The fourth-order valence-electron chi connectivity index (χ4n) is 3.08. The lowest BCUT2D eigenvalue weighted by atomic mass is 10.1. The second-order valence-corrected chi connectivity index (χ2v) is 6.17. The SMILES string of the molecule is O=C(NCc1ccc(N2CCCC2=O)cc1)c1ccc2cn[nH]c2c1. The van der Waals surface area contributed by atoms with Gasteiger partial charge < -0.3 is 10.2 Å². The molecule has 0 saturated carbocycles. The molecular weight excluding hydrogens is 316 g/mol. The number of hydrogen-bond acceptors (Lipinski definition) is 3. The van der Waals surface area contributed by atoms with Crippen molar-refractivity contribution in [2.24, 2.45) is 0 Å². The third-order valence-electron chi connectivity index (χ3n) is 4.48. The first-order valence-corrected chi connectivity index (χ1v) is 8.31. The van der Waals surface area contributed by atoms with Gasteiger partial charge in [-0.2, -0.15) is 5.10 Å². The molecule has 1 fully saturated rings. The molecule has 2 heterocycles. The number of H-pyrrole nitrogens is 1. The maximum Gasteiger partial charge on any atom is 0.251 e. The topological polar surface area (TPSA) is 78.1 Å². The Labute approximate surface area is 144 Å². The standard InChI is InChI=1S/C19H18N4O2/c24-18-2-1-9-23(18)16-7-3-13(4-8-16)11-20-19(25)14-5-6-15-12-21-22-17(15)10-14/h3-8,10,12H,1-2,9,11H2,(H,20,25)(H,21,22). The van der Waals surface area contributed by atoms with E-state index in [4.69, 9.17) is 0 Å². The van der Waals surface area contributed by atoms with Gasteiger partial charge in [0.25, 0.3) is 5.91 Å². The monoisotopic (exact) mass is 334 g/mol. The van der Waals surface area contributed by atoms with Gasteiger partial charge >= 0.3 is 0 Å². The maximum absolute atomic E-state index is 12.3. The summed E-state index contributed by atoms with van der Waals surface area (Å²) >= 11 is 0. The molecule has 1 aliphatic rings. The fourth-order valence-corrected chi connectivity index (χ4v) is 3.08. The van der Waals surface area contributed by atoms with E-state index in [2.05, 4.69) is 15.5 Å². The number of carbonyl (C=O) groups excluding carboxylic acids is 2. The number of benzene rings is 2. The van der Waals surface area contributed by atoms with Gasteiger partial charge in [-0.15, -0.1) is 0 Å². The van der Waals surface area contributed by atoms with E-state index in [0.29, 0.717) is 18.5 Å². The average molecular weight is 334 g/mol. The average Bonchev–Trinajstić information content (AvgIpc) is 3.28. The summed E-state index contributed by atoms with van der Waals surface area (Å²) in [4.78, 5) is 25.9. The van der Waals surface area contributed by atoms with Gasteiger partial charge in [0.2, 0.25) is 5.91 Å². The van der Waals surface area contributed by atoms with E-state index in [-0.39, 0.29) is 11.8 Å². The smallest absolute Gasteiger partial charge is 0.251 e. The van der Waals surface area contributed by atoms with Crippen molar-refractivity contribution < 1.29 is 9.59 Å². The molecule has 0 spiro atoms. The summed E-state index contributed by atoms with van der Waals surface area (Å²) < 4.78 is 0. The molecule has 25 heavy (non-hydrogen) atoms. The zero-order valence-electron chi connectivity index (χ0n) is 13.7. The van der Waals surface area contributed by atoms with Crippen molar-refractivity contribution in [3.63, 3.8) is 0 Å². The Balaban J connectivity index is 1.40. The highest BCUT2D eigenvalue weighted by molar-refractivity contribution is 5.97. The van der Waals surface area contributed by atoms with E-state index in [9.17, 15) is 9.59 Å². The lowest BCUT2D eigenvalue weighted by Gasteiger charge is -2.16. The van der Waals surface area contributed by atoms with Crippen molar-refractivity contribution in [1.29, 1.82) is 0 Å². The molecule has 6 nitrogen and oxygen atoms in total. The van der Waals surface area contributed by atoms with Gasteiger partial charge in [-0.05, 0) is 36.2 Å². The summed E-state index contributed by atoms with van der Waals surface area (Å²) in [6, 6.07) is 13.2. The second-order valence-electron chi connectivity index (χ2n) is 6.17. The van der Waals surface area contributed by atoms with Crippen LogP contribution in [0.3, 0.4) is 0 Å². The number of aromatic nitrogens is 2. The highest BCUT2D eigenvalue weighted by Crippen LogP contribution is 2.21. The van der Waals surface area contributed by atoms with Crippen LogP contribution in [0.25, 0.3) is 10.9 Å². The maximum atomic E-state index is 12.3. The summed E-state index contributed by atoms with van der Waals surface area (Å²) in [5.74, 6) is 0.0468. The van der Waals surface area contributed by atoms with E-state index in [1.165, 1.54) is 0 Å². The van der Waals surface area contributed by atoms with Gasteiger partial charge in [0, 0.05) is 36.1 Å². The molecular formula is C19H18N4O2. The lowest BCUT2D eigenvalue weighted by Crippen LogP contribution is -2.24. The van der Waals surface area contributed by atoms with Gasteiger partial charge in [-0.3, -0.25) is 14.7 Å². The number of nitrogens with zero attached hydrogens (tertiary/aromatic N) is 2. The number of rotatable bonds is 4. The molecule has 0 bridgehead atoms. The molecule has 3 aromatic rings. The molecule has 6 heteroatoms. The quantitative estimate of drug-likeness (QED) is 0.770. The molecule has 0 aliphatic carbocycles. The number of anilines is 1. The zero-order valence-corrected chi connectivity index (χ0v) is 13.7. The molecule has 0 unspecified atom stereocenters. The van der Waals surface area contributed by atoms with Crippen LogP contribution in [0.4, 0.5) is 5.69 Å². The number of aromatic amines is 1. The minimum absolute atomic E-state index is 0.129. The van der Waals surface area contributed by atoms with Crippen LogP contribution in [-0.2, 0) is 11.3 Å². The van der Waals surface area contributed by atoms with E-state index >= 15 is 0 Å². The van der Waals surface area contributed by atoms with E-state index in [0.717, 1.165) is 35.1 Å². The van der Waals surface area contributed by atoms with Crippen molar-refractivity contribution in [2.75, 3.05) is 11.4 Å². The Bertz CT molecular complexity index is 930. The molecule has 2 aromatic carbocycles. The minimum atomic E-state index is -0.129. The van der Waals surface area contributed by atoms with Crippen LogP contribution in [0, 0.1) is 0 Å². The number of fused-ring (bicyclic) bond motifs is 1. The van der Waals surface area contributed by atoms with E-state index in [1.54, 1.807) is 18.3 Å². The van der Waals surface area contributed by atoms with Crippen molar-refractivity contribution in [2.45, 2.75) is 19.4 Å². The van der Waals surface area contributed by atoms with Crippen LogP contribution in [0.5, 0.6) is 0 Å².